The second-order valence-electron chi connectivity index (χ2n) is 5.59. The molecule has 120 valence electrons. The Hall–Kier alpha value is -2.67. The van der Waals surface area contributed by atoms with E-state index in [9.17, 15) is 9.90 Å². The van der Waals surface area contributed by atoms with Gasteiger partial charge in [-0.3, -0.25) is 9.48 Å². The molecule has 0 aliphatic carbocycles. The quantitative estimate of drug-likeness (QED) is 0.717. The van der Waals surface area contributed by atoms with Crippen LogP contribution < -0.4 is 5.73 Å². The van der Waals surface area contributed by atoms with Crippen LogP contribution in [0.3, 0.4) is 0 Å². The first-order valence-corrected chi connectivity index (χ1v) is 7.48. The Bertz CT molecular complexity index is 821. The third-order valence-electron chi connectivity index (χ3n) is 3.98. The number of aromatic nitrogens is 4. The van der Waals surface area contributed by atoms with Gasteiger partial charge in [0.1, 0.15) is 5.69 Å². The minimum Gasteiger partial charge on any atom is -0.391 e. The van der Waals surface area contributed by atoms with Gasteiger partial charge in [0, 0.05) is 18.1 Å². The van der Waals surface area contributed by atoms with Gasteiger partial charge in [-0.15, -0.1) is 0 Å². The lowest BCUT2D eigenvalue weighted by Gasteiger charge is -2.21. The Balaban J connectivity index is 1.78. The van der Waals surface area contributed by atoms with Gasteiger partial charge in [-0.05, 0) is 19.4 Å². The molecule has 0 bridgehead atoms. The van der Waals surface area contributed by atoms with Gasteiger partial charge in [-0.2, -0.15) is 5.10 Å². The molecule has 0 spiro atoms. The largest absolute Gasteiger partial charge is 0.391 e. The monoisotopic (exact) mass is 313 g/mol. The highest BCUT2D eigenvalue weighted by Crippen LogP contribution is 2.20. The molecule has 2 aromatic heterocycles. The van der Waals surface area contributed by atoms with Gasteiger partial charge in [0.05, 0.1) is 30.2 Å². The van der Waals surface area contributed by atoms with Crippen molar-refractivity contribution in [2.45, 2.75) is 32.0 Å². The first kappa shape index (κ1) is 15.2. The Kier molecular flexibility index (Phi) is 4.12. The van der Waals surface area contributed by atoms with Crippen LogP contribution in [-0.4, -0.2) is 36.4 Å². The van der Waals surface area contributed by atoms with Crippen molar-refractivity contribution in [1.82, 2.24) is 19.3 Å². The number of hydrogen-bond donors (Lipinski definition) is 2. The molecule has 2 unspecified atom stereocenters. The number of nitrogens with two attached hydrogens (primary N) is 1. The molecule has 0 saturated carbocycles. The minimum absolute atomic E-state index is 0.195. The first-order chi connectivity index (χ1) is 11.1. The number of carbonyl (C=O) groups is 1. The summed E-state index contributed by atoms with van der Waals surface area (Å²) >= 11 is 0. The zero-order valence-corrected chi connectivity index (χ0v) is 12.8. The molecule has 7 nitrogen and oxygen atoms in total. The number of hydrogen-bond acceptors (Lipinski definition) is 4. The van der Waals surface area contributed by atoms with Crippen molar-refractivity contribution < 1.29 is 9.90 Å². The van der Waals surface area contributed by atoms with Crippen LogP contribution in [0, 0.1) is 0 Å². The highest BCUT2D eigenvalue weighted by molar-refractivity contribution is 5.90. The highest BCUT2D eigenvalue weighted by atomic mass is 16.3. The van der Waals surface area contributed by atoms with Gasteiger partial charge in [0.2, 0.25) is 0 Å². The number of benzene rings is 1. The van der Waals surface area contributed by atoms with Crippen molar-refractivity contribution >= 4 is 16.8 Å². The van der Waals surface area contributed by atoms with Crippen LogP contribution >= 0.6 is 0 Å². The van der Waals surface area contributed by atoms with E-state index in [1.54, 1.807) is 17.7 Å². The molecule has 0 fully saturated rings. The molecule has 0 aliphatic rings. The summed E-state index contributed by atoms with van der Waals surface area (Å²) in [6.07, 6.45) is 4.99. The molecule has 2 heterocycles. The van der Waals surface area contributed by atoms with Gasteiger partial charge >= 0.3 is 0 Å². The number of aliphatic hydroxyl groups excluding tert-OH is 1. The number of nitrogens with zero attached hydrogens (tertiary/aromatic N) is 4. The number of imidazole rings is 1. The first-order valence-electron chi connectivity index (χ1n) is 7.48. The average molecular weight is 313 g/mol. The van der Waals surface area contributed by atoms with Crippen LogP contribution in [0.15, 0.2) is 43.0 Å². The van der Waals surface area contributed by atoms with Crippen molar-refractivity contribution in [3.05, 3.63) is 48.7 Å². The number of carbonyl (C=O) groups excluding carboxylic acids is 1. The van der Waals surface area contributed by atoms with E-state index in [1.165, 1.54) is 6.33 Å². The molecule has 1 aromatic carbocycles. The van der Waals surface area contributed by atoms with Crippen LogP contribution in [0.25, 0.3) is 10.9 Å². The number of aryl methyl sites for hydroxylation is 1. The van der Waals surface area contributed by atoms with E-state index in [0.717, 1.165) is 10.9 Å². The van der Waals surface area contributed by atoms with Crippen molar-refractivity contribution in [3.8, 4) is 0 Å². The summed E-state index contributed by atoms with van der Waals surface area (Å²) in [5.74, 6) is -0.578. The number of amides is 1. The fraction of sp³-hybridized carbons (Fsp3) is 0.312. The summed E-state index contributed by atoms with van der Waals surface area (Å²) in [6, 6.07) is 7.77. The Morgan fingerprint density at radius 3 is 2.87 bits per heavy atom. The maximum absolute atomic E-state index is 11.2. The van der Waals surface area contributed by atoms with Crippen molar-refractivity contribution in [2.24, 2.45) is 5.73 Å². The molecule has 0 aliphatic heterocycles. The molecule has 1 amide bonds. The molecule has 2 atom stereocenters. The zero-order valence-electron chi connectivity index (χ0n) is 12.8. The molecule has 3 rings (SSSR count). The number of rotatable bonds is 6. The molecular formula is C16H19N5O2. The molecule has 3 aromatic rings. The van der Waals surface area contributed by atoms with Gasteiger partial charge in [0.25, 0.3) is 5.91 Å². The topological polar surface area (TPSA) is 99.0 Å². The number of para-hydroxylation sites is 1. The molecule has 3 N–H and O–H groups in total. The maximum atomic E-state index is 11.2. The van der Waals surface area contributed by atoms with Gasteiger partial charge in [-0.1, -0.05) is 18.2 Å². The summed E-state index contributed by atoms with van der Waals surface area (Å²) in [4.78, 5) is 15.1. The predicted molar refractivity (Wildman–Crippen MR) is 85.8 cm³/mol. The van der Waals surface area contributed by atoms with Gasteiger partial charge < -0.3 is 15.4 Å². The molecule has 0 radical (unpaired) electrons. The molecular weight excluding hydrogens is 294 g/mol. The summed E-state index contributed by atoms with van der Waals surface area (Å²) in [6.45, 7) is 2.36. The van der Waals surface area contributed by atoms with E-state index in [0.29, 0.717) is 13.0 Å². The van der Waals surface area contributed by atoms with E-state index < -0.39 is 12.0 Å². The third kappa shape index (κ3) is 3.09. The highest BCUT2D eigenvalue weighted by Gasteiger charge is 2.19. The number of fused-ring (bicyclic) bond motifs is 1. The second kappa shape index (κ2) is 6.21. The summed E-state index contributed by atoms with van der Waals surface area (Å²) < 4.78 is 3.65. The van der Waals surface area contributed by atoms with E-state index in [1.807, 2.05) is 35.1 Å². The summed E-state index contributed by atoms with van der Waals surface area (Å²) in [7, 11) is 0. The molecule has 7 heteroatoms. The normalized spacial score (nSPS) is 14.0. The van der Waals surface area contributed by atoms with Crippen LogP contribution in [0.1, 0.15) is 29.9 Å². The lowest BCUT2D eigenvalue weighted by Crippen LogP contribution is -2.22. The lowest BCUT2D eigenvalue weighted by atomic mass is 10.1. The van der Waals surface area contributed by atoms with E-state index >= 15 is 0 Å². The number of aliphatic hydroxyl groups is 1. The third-order valence-corrected chi connectivity index (χ3v) is 3.98. The van der Waals surface area contributed by atoms with Crippen LogP contribution in [0.2, 0.25) is 0 Å². The smallest absolute Gasteiger partial charge is 0.268 e. The summed E-state index contributed by atoms with van der Waals surface area (Å²) in [5.41, 5.74) is 6.48. The zero-order chi connectivity index (χ0) is 16.4. The second-order valence-corrected chi connectivity index (χ2v) is 5.59. The SMILES string of the molecule is CC(O)C(CCn1ncc2ccccc21)n1cnc(C(N)=O)c1. The lowest BCUT2D eigenvalue weighted by molar-refractivity contribution is 0.0994. The van der Waals surface area contributed by atoms with Gasteiger partial charge in [-0.25, -0.2) is 4.98 Å². The van der Waals surface area contributed by atoms with Crippen molar-refractivity contribution in [3.63, 3.8) is 0 Å². The Labute approximate surface area is 133 Å². The van der Waals surface area contributed by atoms with Crippen molar-refractivity contribution in [2.75, 3.05) is 0 Å². The molecule has 23 heavy (non-hydrogen) atoms. The van der Waals surface area contributed by atoms with E-state index in [2.05, 4.69) is 10.1 Å². The minimum atomic E-state index is -0.591. The van der Waals surface area contributed by atoms with Gasteiger partial charge in [0.15, 0.2) is 0 Å². The van der Waals surface area contributed by atoms with E-state index in [4.69, 9.17) is 5.73 Å². The molecule has 0 saturated heterocycles. The fourth-order valence-electron chi connectivity index (χ4n) is 2.74. The number of primary amides is 1. The summed E-state index contributed by atoms with van der Waals surface area (Å²) in [5, 5.41) is 15.5. The standard InChI is InChI=1S/C16H19N5O2/c1-11(22)14(20-9-13(16(17)23)18-10-20)6-7-21-15-5-3-2-4-12(15)8-19-21/h2-5,8-11,14,22H,6-7H2,1H3,(H2,17,23). The average Bonchev–Trinajstić information content (AvgIpc) is 3.15. The Morgan fingerprint density at radius 2 is 2.17 bits per heavy atom. The van der Waals surface area contributed by atoms with Crippen molar-refractivity contribution in [1.29, 1.82) is 0 Å². The van der Waals surface area contributed by atoms with E-state index in [-0.39, 0.29) is 11.7 Å². The maximum Gasteiger partial charge on any atom is 0.268 e. The van der Waals surface area contributed by atoms with Crippen LogP contribution in [0.4, 0.5) is 0 Å². The predicted octanol–water partition coefficient (Wildman–Crippen LogP) is 1.34. The van der Waals surface area contributed by atoms with Crippen LogP contribution in [-0.2, 0) is 6.54 Å². The fourth-order valence-corrected chi connectivity index (χ4v) is 2.74. The van der Waals surface area contributed by atoms with Crippen LogP contribution in [0.5, 0.6) is 0 Å². The Morgan fingerprint density at radius 1 is 1.39 bits per heavy atom.